The number of aryl methyl sites for hydroxylation is 1. The second kappa shape index (κ2) is 5.39. The number of hydrogen-bond donors (Lipinski definition) is 2. The molecule has 3 aromatic rings. The van der Waals surface area contributed by atoms with Crippen LogP contribution in [0, 0.1) is 6.92 Å². The van der Waals surface area contributed by atoms with E-state index in [-0.39, 0.29) is 0 Å². The predicted molar refractivity (Wildman–Crippen MR) is 83.5 cm³/mol. The van der Waals surface area contributed by atoms with E-state index in [1.807, 2.05) is 30.3 Å². The maximum Gasteiger partial charge on any atom is 0.152 e. The van der Waals surface area contributed by atoms with Crippen LogP contribution in [-0.2, 0) is 0 Å². The molecule has 3 nitrogen and oxygen atoms in total. The van der Waals surface area contributed by atoms with E-state index in [2.05, 4.69) is 46.7 Å². The third kappa shape index (κ3) is 2.68. The van der Waals surface area contributed by atoms with Gasteiger partial charge in [-0.1, -0.05) is 53.6 Å². The van der Waals surface area contributed by atoms with Crippen molar-refractivity contribution in [2.45, 2.75) is 6.92 Å². The summed E-state index contributed by atoms with van der Waals surface area (Å²) in [4.78, 5) is 0. The van der Waals surface area contributed by atoms with Gasteiger partial charge >= 0.3 is 0 Å². The number of anilines is 2. The van der Waals surface area contributed by atoms with Crippen molar-refractivity contribution in [3.8, 4) is 11.3 Å². The zero-order valence-corrected chi connectivity index (χ0v) is 11.8. The van der Waals surface area contributed by atoms with E-state index in [1.165, 1.54) is 5.56 Å². The van der Waals surface area contributed by atoms with Crippen LogP contribution in [0.25, 0.3) is 11.3 Å². The van der Waals surface area contributed by atoms with Gasteiger partial charge in [-0.25, -0.2) is 0 Å². The van der Waals surface area contributed by atoms with E-state index in [0.717, 1.165) is 22.8 Å². The minimum absolute atomic E-state index is 0.674. The Labute approximate surface area is 122 Å². The molecule has 4 heteroatoms. The Kier molecular flexibility index (Phi) is 3.44. The molecule has 2 aromatic carbocycles. The number of aromatic nitrogens is 2. The van der Waals surface area contributed by atoms with E-state index >= 15 is 0 Å². The number of aromatic amines is 1. The molecule has 0 aliphatic rings. The standard InChI is InChI=1S/C16H14ClN3/c1-11-6-8-12(9-7-11)15-10-16(20-19-15)18-14-5-3-2-4-13(14)17/h2-10H,1H3,(H2,18,19,20). The lowest BCUT2D eigenvalue weighted by Crippen LogP contribution is -1.90. The average Bonchev–Trinajstić information content (AvgIpc) is 2.91. The molecule has 3 rings (SSSR count). The lowest BCUT2D eigenvalue weighted by Gasteiger charge is -2.03. The minimum atomic E-state index is 0.674. The Morgan fingerprint density at radius 3 is 2.55 bits per heavy atom. The second-order valence-corrected chi connectivity index (χ2v) is 5.04. The topological polar surface area (TPSA) is 40.7 Å². The summed E-state index contributed by atoms with van der Waals surface area (Å²) in [6, 6.07) is 17.9. The van der Waals surface area contributed by atoms with E-state index < -0.39 is 0 Å². The minimum Gasteiger partial charge on any atom is -0.338 e. The van der Waals surface area contributed by atoms with Crippen molar-refractivity contribution < 1.29 is 0 Å². The summed E-state index contributed by atoms with van der Waals surface area (Å²) in [6.07, 6.45) is 0. The van der Waals surface area contributed by atoms with Crippen molar-refractivity contribution in [2.75, 3.05) is 5.32 Å². The molecule has 100 valence electrons. The number of benzene rings is 2. The van der Waals surface area contributed by atoms with Crippen LogP contribution >= 0.6 is 11.6 Å². The summed E-state index contributed by atoms with van der Waals surface area (Å²) < 4.78 is 0. The molecule has 0 atom stereocenters. The molecule has 1 heterocycles. The molecule has 0 unspecified atom stereocenters. The molecular weight excluding hydrogens is 270 g/mol. The summed E-state index contributed by atoms with van der Waals surface area (Å²) in [5.74, 6) is 0.744. The first-order valence-electron chi connectivity index (χ1n) is 6.36. The SMILES string of the molecule is Cc1ccc(-c2cc(Nc3ccccc3Cl)n[nH]2)cc1. The molecule has 0 amide bonds. The molecule has 2 N–H and O–H groups in total. The molecule has 0 saturated carbocycles. The van der Waals surface area contributed by atoms with Gasteiger partial charge in [-0.15, -0.1) is 0 Å². The summed E-state index contributed by atoms with van der Waals surface area (Å²) in [5.41, 5.74) is 4.16. The van der Waals surface area contributed by atoms with Crippen LogP contribution in [0.5, 0.6) is 0 Å². The summed E-state index contributed by atoms with van der Waals surface area (Å²) in [6.45, 7) is 2.07. The summed E-state index contributed by atoms with van der Waals surface area (Å²) in [7, 11) is 0. The second-order valence-electron chi connectivity index (χ2n) is 4.64. The zero-order valence-electron chi connectivity index (χ0n) is 11.0. The van der Waals surface area contributed by atoms with Gasteiger partial charge in [0.05, 0.1) is 16.4 Å². The van der Waals surface area contributed by atoms with Crippen LogP contribution in [0.1, 0.15) is 5.56 Å². The number of H-pyrrole nitrogens is 1. The van der Waals surface area contributed by atoms with Gasteiger partial charge in [0.2, 0.25) is 0 Å². The number of para-hydroxylation sites is 1. The highest BCUT2D eigenvalue weighted by atomic mass is 35.5. The number of nitrogens with one attached hydrogen (secondary N) is 2. The Bertz CT molecular complexity index is 717. The smallest absolute Gasteiger partial charge is 0.152 e. The summed E-state index contributed by atoms with van der Waals surface area (Å²) in [5, 5.41) is 11.2. The molecule has 0 fully saturated rings. The van der Waals surface area contributed by atoms with Gasteiger partial charge in [-0.3, -0.25) is 5.10 Å². The Hall–Kier alpha value is -2.26. The highest BCUT2D eigenvalue weighted by Gasteiger charge is 2.05. The number of halogens is 1. The third-order valence-corrected chi connectivity index (χ3v) is 3.41. The van der Waals surface area contributed by atoms with Crippen LogP contribution in [0.2, 0.25) is 5.02 Å². The molecule has 0 aliphatic carbocycles. The van der Waals surface area contributed by atoms with E-state index in [0.29, 0.717) is 5.02 Å². The number of nitrogens with zero attached hydrogens (tertiary/aromatic N) is 1. The van der Waals surface area contributed by atoms with Gasteiger partial charge in [0.15, 0.2) is 5.82 Å². The first-order valence-corrected chi connectivity index (χ1v) is 6.74. The quantitative estimate of drug-likeness (QED) is 0.726. The molecule has 0 radical (unpaired) electrons. The van der Waals surface area contributed by atoms with E-state index in [4.69, 9.17) is 11.6 Å². The fraction of sp³-hybridized carbons (Fsp3) is 0.0625. The molecule has 1 aromatic heterocycles. The van der Waals surface area contributed by atoms with Crippen molar-refractivity contribution >= 4 is 23.1 Å². The third-order valence-electron chi connectivity index (χ3n) is 3.08. The first kappa shape index (κ1) is 12.8. The lowest BCUT2D eigenvalue weighted by molar-refractivity contribution is 1.10. The molecule has 20 heavy (non-hydrogen) atoms. The normalized spacial score (nSPS) is 10.5. The molecular formula is C16H14ClN3. The first-order chi connectivity index (χ1) is 9.72. The molecule has 0 saturated heterocycles. The van der Waals surface area contributed by atoms with Gasteiger partial charge < -0.3 is 5.32 Å². The van der Waals surface area contributed by atoms with Gasteiger partial charge in [-0.2, -0.15) is 5.10 Å². The van der Waals surface area contributed by atoms with Crippen molar-refractivity contribution in [3.05, 3.63) is 65.2 Å². The zero-order chi connectivity index (χ0) is 13.9. The van der Waals surface area contributed by atoms with Gasteiger partial charge in [-0.05, 0) is 24.6 Å². The fourth-order valence-electron chi connectivity index (χ4n) is 1.97. The van der Waals surface area contributed by atoms with Gasteiger partial charge in [0, 0.05) is 6.07 Å². The number of hydrogen-bond acceptors (Lipinski definition) is 2. The fourth-order valence-corrected chi connectivity index (χ4v) is 2.15. The van der Waals surface area contributed by atoms with Crippen LogP contribution in [0.3, 0.4) is 0 Å². The van der Waals surface area contributed by atoms with Crippen molar-refractivity contribution in [3.63, 3.8) is 0 Å². The average molecular weight is 284 g/mol. The largest absolute Gasteiger partial charge is 0.338 e. The Balaban J connectivity index is 1.84. The number of rotatable bonds is 3. The highest BCUT2D eigenvalue weighted by Crippen LogP contribution is 2.26. The Morgan fingerprint density at radius 2 is 1.80 bits per heavy atom. The predicted octanol–water partition coefficient (Wildman–Crippen LogP) is 4.78. The van der Waals surface area contributed by atoms with Crippen molar-refractivity contribution in [1.29, 1.82) is 0 Å². The molecule has 0 aliphatic heterocycles. The van der Waals surface area contributed by atoms with Crippen LogP contribution in [0.15, 0.2) is 54.6 Å². The maximum absolute atomic E-state index is 6.11. The monoisotopic (exact) mass is 283 g/mol. The lowest BCUT2D eigenvalue weighted by atomic mass is 10.1. The summed E-state index contributed by atoms with van der Waals surface area (Å²) >= 11 is 6.11. The van der Waals surface area contributed by atoms with Crippen LogP contribution in [0.4, 0.5) is 11.5 Å². The highest BCUT2D eigenvalue weighted by molar-refractivity contribution is 6.33. The van der Waals surface area contributed by atoms with Crippen molar-refractivity contribution in [1.82, 2.24) is 10.2 Å². The molecule has 0 spiro atoms. The van der Waals surface area contributed by atoms with Crippen LogP contribution in [-0.4, -0.2) is 10.2 Å². The van der Waals surface area contributed by atoms with Gasteiger partial charge in [0.25, 0.3) is 0 Å². The molecule has 0 bridgehead atoms. The van der Waals surface area contributed by atoms with Crippen LogP contribution < -0.4 is 5.32 Å². The van der Waals surface area contributed by atoms with E-state index in [1.54, 1.807) is 0 Å². The Morgan fingerprint density at radius 1 is 1.05 bits per heavy atom. The van der Waals surface area contributed by atoms with Gasteiger partial charge in [0.1, 0.15) is 0 Å². The van der Waals surface area contributed by atoms with Crippen molar-refractivity contribution in [2.24, 2.45) is 0 Å². The maximum atomic E-state index is 6.11. The van der Waals surface area contributed by atoms with E-state index in [9.17, 15) is 0 Å².